The van der Waals surface area contributed by atoms with Crippen LogP contribution < -0.4 is 9.47 Å². The van der Waals surface area contributed by atoms with Gasteiger partial charge >= 0.3 is 0 Å². The molecule has 8 rings (SSSR count). The van der Waals surface area contributed by atoms with Crippen LogP contribution in [-0.2, 0) is 43.6 Å². The third kappa shape index (κ3) is 9.37. The van der Waals surface area contributed by atoms with Crippen molar-refractivity contribution in [3.63, 3.8) is 0 Å². The van der Waals surface area contributed by atoms with Crippen LogP contribution in [0.5, 0.6) is 23.0 Å². The van der Waals surface area contributed by atoms with Gasteiger partial charge in [-0.25, -0.2) is 9.97 Å². The van der Waals surface area contributed by atoms with Crippen molar-refractivity contribution in [2.45, 2.75) is 64.6 Å². The SMILES string of the molecule is Cc1ccc(Oc2ccc(C3(Cn4cncc4Br)OCC(C)O3)c(Cl)c2)cc1.Cc1ccc(Oc2ccc(C3(Cn4cncc4C#N)OCC(C)O3)c(Cl)c2)cc1. The zero-order valence-electron chi connectivity index (χ0n) is 31.7. The molecule has 57 heavy (non-hydrogen) atoms. The van der Waals surface area contributed by atoms with Crippen LogP contribution in [0, 0.1) is 25.2 Å². The maximum absolute atomic E-state index is 9.30. The maximum Gasteiger partial charge on any atom is 0.215 e. The third-order valence-corrected chi connectivity index (χ3v) is 10.6. The van der Waals surface area contributed by atoms with Gasteiger partial charge < -0.3 is 37.6 Å². The summed E-state index contributed by atoms with van der Waals surface area (Å²) in [5.74, 6) is 0.668. The Morgan fingerprint density at radius 2 is 1.14 bits per heavy atom. The van der Waals surface area contributed by atoms with Crippen molar-refractivity contribution < 1.29 is 28.4 Å². The van der Waals surface area contributed by atoms with E-state index in [2.05, 4.69) is 32.0 Å². The Kier molecular flexibility index (Phi) is 12.4. The number of hydrogen-bond acceptors (Lipinski definition) is 9. The molecule has 0 amide bonds. The molecular weight excluding hydrogens is 833 g/mol. The van der Waals surface area contributed by atoms with Crippen molar-refractivity contribution in [3.05, 3.63) is 153 Å². The average molecular weight is 874 g/mol. The minimum absolute atomic E-state index is 0.0400. The number of ether oxygens (including phenoxy) is 6. The number of imidazole rings is 2. The van der Waals surface area contributed by atoms with E-state index in [1.165, 1.54) is 11.8 Å². The summed E-state index contributed by atoms with van der Waals surface area (Å²) in [6.45, 7) is 9.58. The second-order valence-electron chi connectivity index (χ2n) is 14.0. The molecule has 0 radical (unpaired) electrons. The zero-order chi connectivity index (χ0) is 40.2. The van der Waals surface area contributed by atoms with E-state index in [1.54, 1.807) is 35.6 Å². The van der Waals surface area contributed by atoms with Gasteiger partial charge in [-0.1, -0.05) is 58.6 Å². The van der Waals surface area contributed by atoms with E-state index < -0.39 is 11.6 Å². The molecule has 4 atom stereocenters. The Morgan fingerprint density at radius 3 is 1.54 bits per heavy atom. The van der Waals surface area contributed by atoms with Crippen LogP contribution in [0.1, 0.15) is 41.8 Å². The molecule has 4 heterocycles. The Bertz CT molecular complexity index is 2370. The molecule has 0 N–H and O–H groups in total. The second-order valence-corrected chi connectivity index (χ2v) is 15.6. The Morgan fingerprint density at radius 1 is 0.702 bits per heavy atom. The van der Waals surface area contributed by atoms with E-state index in [1.807, 2.05) is 105 Å². The first-order valence-electron chi connectivity index (χ1n) is 18.2. The Labute approximate surface area is 349 Å². The fraction of sp³-hybridized carbons (Fsp3) is 0.279. The molecule has 0 aliphatic carbocycles. The fourth-order valence-corrected chi connectivity index (χ4v) is 7.50. The van der Waals surface area contributed by atoms with Gasteiger partial charge in [0, 0.05) is 11.1 Å². The molecular formula is C43H40BrCl2N5O6. The van der Waals surface area contributed by atoms with Gasteiger partial charge in [0.2, 0.25) is 11.6 Å². The third-order valence-electron chi connectivity index (χ3n) is 9.35. The summed E-state index contributed by atoms with van der Waals surface area (Å²) in [5, 5.41) is 10.3. The normalized spacial score (nSPS) is 21.4. The number of benzene rings is 4. The number of nitriles is 1. The highest BCUT2D eigenvalue weighted by atomic mass is 79.9. The highest BCUT2D eigenvalue weighted by Gasteiger charge is 2.45. The molecule has 0 bridgehead atoms. The summed E-state index contributed by atoms with van der Waals surface area (Å²) in [5.41, 5.74) is 4.20. The lowest BCUT2D eigenvalue weighted by molar-refractivity contribution is -0.185. The van der Waals surface area contributed by atoms with Crippen molar-refractivity contribution in [1.29, 1.82) is 5.26 Å². The van der Waals surface area contributed by atoms with Crippen LogP contribution in [0.4, 0.5) is 0 Å². The van der Waals surface area contributed by atoms with E-state index in [9.17, 15) is 5.26 Å². The molecule has 2 fully saturated rings. The minimum Gasteiger partial charge on any atom is -0.457 e. The lowest BCUT2D eigenvalue weighted by Gasteiger charge is -2.30. The molecule has 14 heteroatoms. The van der Waals surface area contributed by atoms with Gasteiger partial charge in [-0.2, -0.15) is 5.26 Å². The van der Waals surface area contributed by atoms with Crippen LogP contribution >= 0.6 is 39.1 Å². The summed E-state index contributed by atoms with van der Waals surface area (Å²) in [4.78, 5) is 8.19. The van der Waals surface area contributed by atoms with E-state index in [0.29, 0.717) is 52.6 Å². The van der Waals surface area contributed by atoms with Crippen molar-refractivity contribution in [3.8, 4) is 29.1 Å². The van der Waals surface area contributed by atoms with Gasteiger partial charge in [-0.15, -0.1) is 0 Å². The second kappa shape index (κ2) is 17.4. The summed E-state index contributed by atoms with van der Waals surface area (Å²) in [6.07, 6.45) is 6.40. The van der Waals surface area contributed by atoms with Crippen LogP contribution in [0.25, 0.3) is 0 Å². The molecule has 4 aromatic carbocycles. The largest absolute Gasteiger partial charge is 0.457 e. The Hall–Kier alpha value is -4.71. The van der Waals surface area contributed by atoms with Gasteiger partial charge in [0.05, 0.1) is 73.6 Å². The zero-order valence-corrected chi connectivity index (χ0v) is 34.8. The average Bonchev–Trinajstić information content (AvgIpc) is 3.99. The molecule has 11 nitrogen and oxygen atoms in total. The van der Waals surface area contributed by atoms with Gasteiger partial charge in [0.25, 0.3) is 0 Å². The number of nitrogens with zero attached hydrogens (tertiary/aromatic N) is 5. The monoisotopic (exact) mass is 871 g/mol. The first kappa shape index (κ1) is 40.5. The highest BCUT2D eigenvalue weighted by Crippen LogP contribution is 2.43. The van der Waals surface area contributed by atoms with E-state index in [-0.39, 0.29) is 18.8 Å². The number of aromatic nitrogens is 4. The smallest absolute Gasteiger partial charge is 0.215 e. The van der Waals surface area contributed by atoms with Crippen LogP contribution in [-0.4, -0.2) is 44.5 Å². The molecule has 294 valence electrons. The molecule has 0 saturated carbocycles. The summed E-state index contributed by atoms with van der Waals surface area (Å²) in [7, 11) is 0. The first-order chi connectivity index (χ1) is 27.4. The van der Waals surface area contributed by atoms with Gasteiger partial charge in [-0.05, 0) is 104 Å². The molecule has 2 saturated heterocycles. The highest BCUT2D eigenvalue weighted by molar-refractivity contribution is 9.10. The van der Waals surface area contributed by atoms with Gasteiger partial charge in [-0.3, -0.25) is 0 Å². The summed E-state index contributed by atoms with van der Waals surface area (Å²) < 4.78 is 40.8. The molecule has 2 aliphatic heterocycles. The quantitative estimate of drug-likeness (QED) is 0.133. The van der Waals surface area contributed by atoms with E-state index in [0.717, 1.165) is 27.2 Å². The first-order valence-corrected chi connectivity index (χ1v) is 19.8. The Balaban J connectivity index is 0.000000174. The molecule has 2 aromatic heterocycles. The lowest BCUT2D eigenvalue weighted by Crippen LogP contribution is -2.34. The predicted molar refractivity (Wildman–Crippen MR) is 219 cm³/mol. The van der Waals surface area contributed by atoms with Crippen molar-refractivity contribution in [1.82, 2.24) is 19.1 Å². The van der Waals surface area contributed by atoms with Crippen molar-refractivity contribution in [2.75, 3.05) is 13.2 Å². The van der Waals surface area contributed by atoms with Crippen LogP contribution in [0.3, 0.4) is 0 Å². The van der Waals surface area contributed by atoms with E-state index in [4.69, 9.17) is 51.6 Å². The van der Waals surface area contributed by atoms with Crippen LogP contribution in [0.2, 0.25) is 10.0 Å². The topological polar surface area (TPSA) is 115 Å². The lowest BCUT2D eigenvalue weighted by atomic mass is 10.0. The van der Waals surface area contributed by atoms with Gasteiger partial charge in [0.15, 0.2) is 0 Å². The summed E-state index contributed by atoms with van der Waals surface area (Å²) in [6, 6.07) is 28.8. The number of rotatable bonds is 10. The maximum atomic E-state index is 9.30. The van der Waals surface area contributed by atoms with Crippen LogP contribution in [0.15, 0.2) is 115 Å². The number of aryl methyl sites for hydroxylation is 2. The predicted octanol–water partition coefficient (Wildman–Crippen LogP) is 10.5. The van der Waals surface area contributed by atoms with E-state index >= 15 is 0 Å². The fourth-order valence-electron chi connectivity index (χ4n) is 6.54. The molecule has 0 spiro atoms. The van der Waals surface area contributed by atoms with Gasteiger partial charge in [0.1, 0.15) is 39.4 Å². The minimum atomic E-state index is -1.11. The molecule has 6 aromatic rings. The molecule has 2 aliphatic rings. The summed E-state index contributed by atoms with van der Waals surface area (Å²) >= 11 is 16.8. The molecule has 4 unspecified atom stereocenters. The number of halogens is 3. The number of hydrogen-bond donors (Lipinski definition) is 0. The van der Waals surface area contributed by atoms with Crippen molar-refractivity contribution in [2.24, 2.45) is 0 Å². The van der Waals surface area contributed by atoms with Crippen molar-refractivity contribution >= 4 is 39.1 Å². The standard InChI is InChI=1S/C22H20ClN3O3.C21H20BrClN2O3/c1-15-3-5-18(6-4-15)28-19-7-8-20(21(23)9-19)22(27-12-16(2)29-22)13-26-14-25-11-17(26)10-24;1-14-3-5-16(6-4-14)27-17-7-8-18(19(23)9-17)21(26-11-15(2)28-21)12-25-13-24-10-20(25)22/h3-9,11,14,16H,12-13H2,1-2H3;3-10,13,15H,11-12H2,1-2H3.